The highest BCUT2D eigenvalue weighted by molar-refractivity contribution is 6.04. The van der Waals surface area contributed by atoms with Crippen LogP contribution >= 0.6 is 0 Å². The summed E-state index contributed by atoms with van der Waals surface area (Å²) in [6.07, 6.45) is 2.01. The van der Waals surface area contributed by atoms with Gasteiger partial charge in [-0.1, -0.05) is 20.8 Å². The van der Waals surface area contributed by atoms with Gasteiger partial charge in [0, 0.05) is 41.3 Å². The molecule has 0 unspecified atom stereocenters. The van der Waals surface area contributed by atoms with Crippen molar-refractivity contribution < 1.29 is 43.5 Å². The number of hydrogen-bond donors (Lipinski definition) is 3. The zero-order chi connectivity index (χ0) is 35.3. The molecule has 1 fully saturated rings. The minimum absolute atomic E-state index is 0.112. The number of rotatable bonds is 14. The number of nitrogens with one attached hydrogen (secondary N) is 2. The summed E-state index contributed by atoms with van der Waals surface area (Å²) in [6, 6.07) is -5.73. The molecule has 46 heavy (non-hydrogen) atoms. The molecule has 0 radical (unpaired) electrons. The van der Waals surface area contributed by atoms with E-state index in [-0.39, 0.29) is 31.7 Å². The lowest BCUT2D eigenvalue weighted by atomic mass is 10.0. The van der Waals surface area contributed by atoms with Crippen LogP contribution in [0, 0.1) is 5.92 Å². The van der Waals surface area contributed by atoms with Crippen molar-refractivity contribution in [3.8, 4) is 0 Å². The zero-order valence-electron chi connectivity index (χ0n) is 28.3. The second-order valence-electron chi connectivity index (χ2n) is 12.1. The lowest BCUT2D eigenvalue weighted by Crippen LogP contribution is -2.59. The lowest BCUT2D eigenvalue weighted by molar-refractivity contribution is -0.143. The highest BCUT2D eigenvalue weighted by Crippen LogP contribution is 2.15. The Morgan fingerprint density at radius 3 is 1.93 bits per heavy atom. The van der Waals surface area contributed by atoms with Crippen molar-refractivity contribution >= 4 is 47.9 Å². The Kier molecular flexibility index (Phi) is 16.3. The molecule has 0 aromatic rings. The molecular formula is C30H51N7O9. The van der Waals surface area contributed by atoms with E-state index in [4.69, 9.17) is 0 Å². The van der Waals surface area contributed by atoms with E-state index in [9.17, 15) is 43.5 Å². The second-order valence-corrected chi connectivity index (χ2v) is 12.1. The number of aliphatic hydroxyl groups excluding tert-OH is 1. The highest BCUT2D eigenvalue weighted by atomic mass is 16.3. The van der Waals surface area contributed by atoms with Gasteiger partial charge in [-0.2, -0.15) is 0 Å². The third-order valence-corrected chi connectivity index (χ3v) is 7.80. The van der Waals surface area contributed by atoms with Crippen LogP contribution in [0.5, 0.6) is 0 Å². The smallest absolute Gasteiger partial charge is 0.324 e. The number of carbonyl (C=O) groups excluding carboxylic acids is 8. The van der Waals surface area contributed by atoms with E-state index in [0.29, 0.717) is 24.3 Å². The van der Waals surface area contributed by atoms with Gasteiger partial charge in [-0.05, 0) is 44.9 Å². The third kappa shape index (κ3) is 11.7. The molecule has 0 aliphatic carbocycles. The maximum atomic E-state index is 13.5. The number of likely N-dealkylation sites (tertiary alicyclic amines) is 1. The Labute approximate surface area is 270 Å². The Morgan fingerprint density at radius 1 is 0.848 bits per heavy atom. The number of urea groups is 2. The summed E-state index contributed by atoms with van der Waals surface area (Å²) in [7, 11) is 5.20. The molecule has 260 valence electrons. The van der Waals surface area contributed by atoms with Crippen LogP contribution in [-0.2, 0) is 28.8 Å². The van der Waals surface area contributed by atoms with E-state index < -0.39 is 65.8 Å². The highest BCUT2D eigenvalue weighted by Gasteiger charge is 2.36. The molecule has 0 aromatic heterocycles. The maximum absolute atomic E-state index is 13.5. The maximum Gasteiger partial charge on any atom is 0.324 e. The molecule has 1 aliphatic rings. The van der Waals surface area contributed by atoms with Gasteiger partial charge in [0.1, 0.15) is 12.1 Å². The van der Waals surface area contributed by atoms with Crippen LogP contribution in [0.15, 0.2) is 0 Å². The van der Waals surface area contributed by atoms with E-state index in [1.54, 1.807) is 20.8 Å². The molecule has 16 heteroatoms. The fourth-order valence-electron chi connectivity index (χ4n) is 4.93. The quantitative estimate of drug-likeness (QED) is 0.168. The zero-order valence-corrected chi connectivity index (χ0v) is 28.3. The SMILES string of the molecule is CC[C@@H](C(=O)NC(=O)N(C)[C@@H](CC(C)C)C(=O)N(C)C(=O)N[C@@H](C=O)C(=O)N1CCCCC1)N(C)C(=O)CN(C)C(=O)C[C@@H](C)O. The first-order valence-electron chi connectivity index (χ1n) is 15.5. The molecule has 1 rings (SSSR count). The van der Waals surface area contributed by atoms with Gasteiger partial charge in [-0.15, -0.1) is 0 Å². The molecule has 0 spiro atoms. The number of amides is 9. The van der Waals surface area contributed by atoms with Gasteiger partial charge in [0.2, 0.25) is 11.8 Å². The van der Waals surface area contributed by atoms with Crippen LogP contribution in [0.3, 0.4) is 0 Å². The first-order valence-corrected chi connectivity index (χ1v) is 15.5. The van der Waals surface area contributed by atoms with E-state index in [0.717, 1.165) is 41.0 Å². The number of imide groups is 2. The largest absolute Gasteiger partial charge is 0.393 e. The van der Waals surface area contributed by atoms with Gasteiger partial charge >= 0.3 is 12.1 Å². The van der Waals surface area contributed by atoms with Crippen molar-refractivity contribution in [3.05, 3.63) is 0 Å². The topological polar surface area (TPSA) is 197 Å². The molecule has 9 amide bonds. The number of carbonyl (C=O) groups is 8. The molecule has 0 bridgehead atoms. The molecule has 0 saturated carbocycles. The number of nitrogens with zero attached hydrogens (tertiary/aromatic N) is 5. The molecule has 1 saturated heterocycles. The minimum atomic E-state index is -1.48. The summed E-state index contributed by atoms with van der Waals surface area (Å²) in [5.74, 6) is -3.35. The van der Waals surface area contributed by atoms with Crippen LogP contribution in [0.4, 0.5) is 9.59 Å². The van der Waals surface area contributed by atoms with Crippen LogP contribution in [-0.4, -0.2) is 150 Å². The average molecular weight is 654 g/mol. The van der Waals surface area contributed by atoms with E-state index in [1.807, 2.05) is 0 Å². The van der Waals surface area contributed by atoms with Crippen molar-refractivity contribution in [2.45, 2.75) is 90.4 Å². The first-order chi connectivity index (χ1) is 21.5. The molecule has 1 heterocycles. The summed E-state index contributed by atoms with van der Waals surface area (Å²) >= 11 is 0. The predicted octanol–water partition coefficient (Wildman–Crippen LogP) is -0.217. The van der Waals surface area contributed by atoms with Crippen molar-refractivity contribution in [3.63, 3.8) is 0 Å². The van der Waals surface area contributed by atoms with Gasteiger partial charge in [0.05, 0.1) is 19.1 Å². The normalized spacial score (nSPS) is 15.5. The predicted molar refractivity (Wildman–Crippen MR) is 167 cm³/mol. The third-order valence-electron chi connectivity index (χ3n) is 7.80. The minimum Gasteiger partial charge on any atom is -0.393 e. The standard InChI is InChI=1S/C30H51N7O9/c1-9-22(34(6)25(41)17-33(5)24(40)16-20(4)39)26(42)32-30(46)35(7)23(15-19(2)3)28(44)36(8)29(45)31-21(18-38)27(43)37-13-11-10-12-14-37/h18-23,39H,9-17H2,1-8H3,(H,31,45)(H,32,42,46)/t20-,21+,22+,23+/m1/s1. The van der Waals surface area contributed by atoms with Crippen molar-refractivity contribution in [2.75, 3.05) is 47.8 Å². The molecule has 4 atom stereocenters. The number of piperidine rings is 1. The molecule has 1 aliphatic heterocycles. The molecule has 3 N–H and O–H groups in total. The Bertz CT molecular complexity index is 1120. The number of aldehydes is 1. The van der Waals surface area contributed by atoms with Crippen molar-refractivity contribution in [1.29, 1.82) is 0 Å². The van der Waals surface area contributed by atoms with Crippen LogP contribution in [0.1, 0.15) is 66.2 Å². The van der Waals surface area contributed by atoms with Crippen LogP contribution in [0.2, 0.25) is 0 Å². The van der Waals surface area contributed by atoms with Gasteiger partial charge in [-0.3, -0.25) is 34.2 Å². The second kappa shape index (κ2) is 18.8. The summed E-state index contributed by atoms with van der Waals surface area (Å²) < 4.78 is 0. The summed E-state index contributed by atoms with van der Waals surface area (Å²) in [4.78, 5) is 108. The number of aliphatic hydroxyl groups is 1. The number of likely N-dealkylation sites (N-methyl/N-ethyl adjacent to an activating group) is 4. The fraction of sp³-hybridized carbons (Fsp3) is 0.733. The van der Waals surface area contributed by atoms with E-state index >= 15 is 0 Å². The molecule has 0 aromatic carbocycles. The summed E-state index contributed by atoms with van der Waals surface area (Å²) in [5, 5.41) is 13.9. The van der Waals surface area contributed by atoms with Crippen molar-refractivity contribution in [2.24, 2.45) is 5.92 Å². The molecular weight excluding hydrogens is 602 g/mol. The monoisotopic (exact) mass is 653 g/mol. The number of hydrogen-bond acceptors (Lipinski definition) is 9. The van der Waals surface area contributed by atoms with Gasteiger partial charge < -0.3 is 34.8 Å². The van der Waals surface area contributed by atoms with E-state index in [1.165, 1.54) is 33.0 Å². The summed E-state index contributed by atoms with van der Waals surface area (Å²) in [6.45, 7) is 7.25. The lowest BCUT2D eigenvalue weighted by Gasteiger charge is -2.33. The summed E-state index contributed by atoms with van der Waals surface area (Å²) in [5.41, 5.74) is 0. The van der Waals surface area contributed by atoms with Crippen LogP contribution < -0.4 is 10.6 Å². The average Bonchev–Trinajstić information content (AvgIpc) is 3.00. The molecule has 16 nitrogen and oxygen atoms in total. The van der Waals surface area contributed by atoms with Crippen molar-refractivity contribution in [1.82, 2.24) is 35.1 Å². The Balaban J connectivity index is 2.98. The Hall–Kier alpha value is -4.08. The van der Waals surface area contributed by atoms with Gasteiger partial charge in [0.25, 0.3) is 17.7 Å². The van der Waals surface area contributed by atoms with E-state index in [2.05, 4.69) is 10.6 Å². The van der Waals surface area contributed by atoms with Crippen LogP contribution in [0.25, 0.3) is 0 Å². The first kappa shape index (κ1) is 39.9. The fourth-order valence-corrected chi connectivity index (χ4v) is 4.93. The van der Waals surface area contributed by atoms with Gasteiger partial charge in [-0.25, -0.2) is 9.59 Å². The Morgan fingerprint density at radius 2 is 1.43 bits per heavy atom. The van der Waals surface area contributed by atoms with Gasteiger partial charge in [0.15, 0.2) is 12.3 Å².